The summed E-state index contributed by atoms with van der Waals surface area (Å²) in [6, 6.07) is 0. The molecular formula is C26H43F3O2. The van der Waals surface area contributed by atoms with Crippen LogP contribution in [0, 0.1) is 40.4 Å². The average Bonchev–Trinajstić information content (AvgIpc) is 3.04. The lowest BCUT2D eigenvalue weighted by atomic mass is 9.43. The van der Waals surface area contributed by atoms with Crippen molar-refractivity contribution in [2.45, 2.75) is 122 Å². The van der Waals surface area contributed by atoms with Gasteiger partial charge in [0.05, 0.1) is 5.60 Å². The minimum Gasteiger partial charge on any atom is -0.390 e. The van der Waals surface area contributed by atoms with Gasteiger partial charge in [-0.1, -0.05) is 27.2 Å². The van der Waals surface area contributed by atoms with Gasteiger partial charge in [-0.3, -0.25) is 0 Å². The quantitative estimate of drug-likeness (QED) is 0.485. The summed E-state index contributed by atoms with van der Waals surface area (Å²) < 4.78 is 38.0. The first-order valence-electron chi connectivity index (χ1n) is 12.9. The van der Waals surface area contributed by atoms with Crippen LogP contribution in [-0.4, -0.2) is 28.1 Å². The second-order valence-electron chi connectivity index (χ2n) is 12.2. The minimum absolute atomic E-state index is 0.160. The number of aliphatic hydroxyl groups is 2. The molecule has 0 radical (unpaired) electrons. The summed E-state index contributed by atoms with van der Waals surface area (Å²) in [4.78, 5) is 0. The first-order valence-corrected chi connectivity index (χ1v) is 12.9. The lowest BCUT2D eigenvalue weighted by Gasteiger charge is -2.62. The standard InChI is InChI=1S/C26H43F3O2/c1-4-25(31)15-14-24(3)18(16-25)8-10-19-20-11-9-17(23(20,2)13-12-21(19)24)6-5-7-22(30)26(27,28)29/h17-22,30-31H,4-16H2,1-3H3/t17-,18-,19-,20-,21-,22-,23+,24-,25-/m0/s1. The molecule has 0 heterocycles. The van der Waals surface area contributed by atoms with Crippen LogP contribution in [0.5, 0.6) is 0 Å². The van der Waals surface area contributed by atoms with Gasteiger partial charge in [-0.25, -0.2) is 0 Å². The maximum atomic E-state index is 12.7. The molecule has 0 saturated heterocycles. The number of fused-ring (bicyclic) bond motifs is 5. The molecule has 4 fully saturated rings. The first-order chi connectivity index (χ1) is 14.4. The monoisotopic (exact) mass is 444 g/mol. The van der Waals surface area contributed by atoms with E-state index in [0.29, 0.717) is 29.6 Å². The van der Waals surface area contributed by atoms with Crippen molar-refractivity contribution < 1.29 is 23.4 Å². The highest BCUT2D eigenvalue weighted by Crippen LogP contribution is 2.68. The Morgan fingerprint density at radius 1 is 0.935 bits per heavy atom. The summed E-state index contributed by atoms with van der Waals surface area (Å²) in [5, 5.41) is 20.3. The molecule has 5 heteroatoms. The van der Waals surface area contributed by atoms with Gasteiger partial charge in [0.15, 0.2) is 0 Å². The zero-order chi connectivity index (χ0) is 22.7. The van der Waals surface area contributed by atoms with E-state index in [4.69, 9.17) is 0 Å². The first kappa shape index (κ1) is 23.9. The zero-order valence-corrected chi connectivity index (χ0v) is 19.7. The van der Waals surface area contributed by atoms with Gasteiger partial charge in [0.2, 0.25) is 0 Å². The van der Waals surface area contributed by atoms with Crippen molar-refractivity contribution in [1.82, 2.24) is 0 Å². The normalized spacial score (nSPS) is 48.6. The number of aliphatic hydroxyl groups excluding tert-OH is 1. The summed E-state index contributed by atoms with van der Waals surface area (Å²) >= 11 is 0. The van der Waals surface area contributed by atoms with E-state index < -0.39 is 17.9 Å². The van der Waals surface area contributed by atoms with Gasteiger partial charge in [-0.15, -0.1) is 0 Å². The van der Waals surface area contributed by atoms with Gasteiger partial charge in [-0.05, 0) is 117 Å². The zero-order valence-electron chi connectivity index (χ0n) is 19.7. The number of alkyl halides is 3. The van der Waals surface area contributed by atoms with Crippen molar-refractivity contribution in [3.8, 4) is 0 Å². The van der Waals surface area contributed by atoms with Crippen molar-refractivity contribution in [2.24, 2.45) is 40.4 Å². The Hall–Kier alpha value is -0.290. The Morgan fingerprint density at radius 3 is 2.32 bits per heavy atom. The Kier molecular flexibility index (Phi) is 6.30. The second-order valence-corrected chi connectivity index (χ2v) is 12.2. The highest BCUT2D eigenvalue weighted by molar-refractivity contribution is 5.10. The van der Waals surface area contributed by atoms with E-state index in [2.05, 4.69) is 20.8 Å². The van der Waals surface area contributed by atoms with Gasteiger partial charge in [0, 0.05) is 0 Å². The Morgan fingerprint density at radius 2 is 1.65 bits per heavy atom. The van der Waals surface area contributed by atoms with Gasteiger partial charge in [0.1, 0.15) is 6.10 Å². The molecular weight excluding hydrogens is 401 g/mol. The topological polar surface area (TPSA) is 40.5 Å². The number of hydrogen-bond donors (Lipinski definition) is 2. The van der Waals surface area contributed by atoms with Crippen LogP contribution in [0.4, 0.5) is 13.2 Å². The largest absolute Gasteiger partial charge is 0.414 e. The van der Waals surface area contributed by atoms with Crippen LogP contribution in [0.2, 0.25) is 0 Å². The molecule has 4 aliphatic rings. The van der Waals surface area contributed by atoms with Crippen molar-refractivity contribution in [2.75, 3.05) is 0 Å². The fourth-order valence-corrected chi connectivity index (χ4v) is 8.95. The van der Waals surface area contributed by atoms with Gasteiger partial charge < -0.3 is 10.2 Å². The van der Waals surface area contributed by atoms with E-state index in [-0.39, 0.29) is 11.8 Å². The van der Waals surface area contributed by atoms with Crippen LogP contribution in [0.3, 0.4) is 0 Å². The third kappa shape index (κ3) is 4.09. The van der Waals surface area contributed by atoms with E-state index in [1.807, 2.05) is 0 Å². The average molecular weight is 445 g/mol. The van der Waals surface area contributed by atoms with Gasteiger partial charge in [-0.2, -0.15) is 13.2 Å². The van der Waals surface area contributed by atoms with Crippen LogP contribution in [0.15, 0.2) is 0 Å². The second kappa shape index (κ2) is 8.18. The summed E-state index contributed by atoms with van der Waals surface area (Å²) in [6.07, 6.45) is 5.69. The van der Waals surface area contributed by atoms with Crippen LogP contribution in [-0.2, 0) is 0 Å². The molecule has 2 N–H and O–H groups in total. The molecule has 9 atom stereocenters. The maximum absolute atomic E-state index is 12.7. The van der Waals surface area contributed by atoms with Crippen molar-refractivity contribution in [1.29, 1.82) is 0 Å². The molecule has 2 nitrogen and oxygen atoms in total. The van der Waals surface area contributed by atoms with Crippen LogP contribution in [0.25, 0.3) is 0 Å². The SMILES string of the molecule is CC[C@]1(O)CC[C@@]2(C)[C@@H](CC[C@@H]3[C@@H]2CC[C@]2(C)[C@@H](CCC[C@H](O)C(F)(F)F)CC[C@@H]32)C1. The van der Waals surface area contributed by atoms with Gasteiger partial charge in [0.25, 0.3) is 0 Å². The molecule has 31 heavy (non-hydrogen) atoms. The molecule has 0 bridgehead atoms. The fraction of sp³-hybridized carbons (Fsp3) is 1.00. The summed E-state index contributed by atoms with van der Waals surface area (Å²) in [5.74, 6) is 3.34. The third-order valence-corrected chi connectivity index (χ3v) is 11.1. The van der Waals surface area contributed by atoms with E-state index in [9.17, 15) is 23.4 Å². The molecule has 4 saturated carbocycles. The third-order valence-electron chi connectivity index (χ3n) is 11.1. The van der Waals surface area contributed by atoms with Crippen molar-refractivity contribution >= 4 is 0 Å². The van der Waals surface area contributed by atoms with E-state index in [1.165, 1.54) is 32.1 Å². The molecule has 180 valence electrons. The van der Waals surface area contributed by atoms with Crippen LogP contribution >= 0.6 is 0 Å². The molecule has 0 aliphatic heterocycles. The maximum Gasteiger partial charge on any atom is 0.414 e. The van der Waals surface area contributed by atoms with Crippen LogP contribution in [0.1, 0.15) is 104 Å². The molecule has 0 unspecified atom stereocenters. The molecule has 0 aromatic rings. The Bertz CT molecular complexity index is 651. The van der Waals surface area contributed by atoms with E-state index in [0.717, 1.165) is 50.4 Å². The smallest absolute Gasteiger partial charge is 0.390 e. The van der Waals surface area contributed by atoms with Crippen molar-refractivity contribution in [3.63, 3.8) is 0 Å². The summed E-state index contributed by atoms with van der Waals surface area (Å²) in [7, 11) is 0. The van der Waals surface area contributed by atoms with E-state index in [1.54, 1.807) is 0 Å². The highest BCUT2D eigenvalue weighted by Gasteiger charge is 2.60. The predicted octanol–water partition coefficient (Wildman–Crippen LogP) is 6.88. The summed E-state index contributed by atoms with van der Waals surface area (Å²) in [5.41, 5.74) is 0.145. The Balaban J connectivity index is 1.41. The molecule has 4 rings (SSSR count). The van der Waals surface area contributed by atoms with Crippen LogP contribution < -0.4 is 0 Å². The number of hydrogen-bond acceptors (Lipinski definition) is 2. The van der Waals surface area contributed by atoms with E-state index >= 15 is 0 Å². The Labute approximate surface area is 186 Å². The number of rotatable bonds is 5. The molecule has 0 aromatic heterocycles. The minimum atomic E-state index is -4.49. The molecule has 0 spiro atoms. The predicted molar refractivity (Wildman–Crippen MR) is 116 cm³/mol. The molecule has 0 aromatic carbocycles. The lowest BCUT2D eigenvalue weighted by molar-refractivity contribution is -0.205. The summed E-state index contributed by atoms with van der Waals surface area (Å²) in [6.45, 7) is 7.06. The molecule has 4 aliphatic carbocycles. The lowest BCUT2D eigenvalue weighted by Crippen LogP contribution is -2.55. The number of halogens is 3. The molecule has 0 amide bonds. The van der Waals surface area contributed by atoms with Crippen molar-refractivity contribution in [3.05, 3.63) is 0 Å². The fourth-order valence-electron chi connectivity index (χ4n) is 8.95. The highest BCUT2D eigenvalue weighted by atomic mass is 19.4. The van der Waals surface area contributed by atoms with Gasteiger partial charge >= 0.3 is 6.18 Å².